The van der Waals surface area contributed by atoms with Gasteiger partial charge in [0, 0.05) is 12.3 Å². The first-order chi connectivity index (χ1) is 10.1. The van der Waals surface area contributed by atoms with Gasteiger partial charge < -0.3 is 20.8 Å². The van der Waals surface area contributed by atoms with Crippen LogP contribution in [0.5, 0.6) is 5.75 Å². The Morgan fingerprint density at radius 1 is 1.24 bits per heavy atom. The first-order valence-corrected chi connectivity index (χ1v) is 7.08. The van der Waals surface area contributed by atoms with Gasteiger partial charge in [0.2, 0.25) is 5.91 Å². The van der Waals surface area contributed by atoms with Crippen LogP contribution in [0.15, 0.2) is 24.3 Å². The van der Waals surface area contributed by atoms with Gasteiger partial charge >= 0.3 is 5.97 Å². The molecular formula is C15H20N2O4. The molecule has 1 heterocycles. The molecule has 0 spiro atoms. The third kappa shape index (κ3) is 4.46. The molecule has 2 rings (SSSR count). The van der Waals surface area contributed by atoms with Gasteiger partial charge in [0.15, 0.2) is 0 Å². The average molecular weight is 292 g/mol. The van der Waals surface area contributed by atoms with E-state index in [0.717, 1.165) is 31.5 Å². The Morgan fingerprint density at radius 3 is 2.43 bits per heavy atom. The van der Waals surface area contributed by atoms with Gasteiger partial charge in [0.05, 0.1) is 0 Å². The lowest BCUT2D eigenvalue weighted by Gasteiger charge is -2.24. The normalized spacial score (nSPS) is 17.1. The van der Waals surface area contributed by atoms with E-state index in [2.05, 4.69) is 10.6 Å². The number of carbonyl (C=O) groups is 2. The van der Waals surface area contributed by atoms with Crippen molar-refractivity contribution in [3.8, 4) is 5.75 Å². The van der Waals surface area contributed by atoms with Crippen LogP contribution in [0, 0.1) is 5.92 Å². The minimum atomic E-state index is -1.05. The molecule has 0 unspecified atom stereocenters. The van der Waals surface area contributed by atoms with Crippen molar-refractivity contribution >= 4 is 11.9 Å². The zero-order chi connectivity index (χ0) is 15.2. The molecule has 6 heteroatoms. The number of carbonyl (C=O) groups excluding carboxylic acids is 1. The van der Waals surface area contributed by atoms with Crippen LogP contribution >= 0.6 is 0 Å². The molecule has 1 atom stereocenters. The van der Waals surface area contributed by atoms with Crippen molar-refractivity contribution < 1.29 is 19.8 Å². The molecule has 1 aliphatic heterocycles. The maximum absolute atomic E-state index is 12.1. The number of phenolic OH excluding ortho intramolecular Hbond substituents is 1. The summed E-state index contributed by atoms with van der Waals surface area (Å²) in [4.78, 5) is 23.4. The molecule has 0 aliphatic carbocycles. The number of carboxylic acids is 1. The van der Waals surface area contributed by atoms with E-state index < -0.39 is 12.0 Å². The van der Waals surface area contributed by atoms with Crippen LogP contribution in [0.25, 0.3) is 0 Å². The van der Waals surface area contributed by atoms with Crippen molar-refractivity contribution in [2.45, 2.75) is 25.3 Å². The van der Waals surface area contributed by atoms with Crippen molar-refractivity contribution in [3.63, 3.8) is 0 Å². The molecule has 1 aromatic carbocycles. The number of benzene rings is 1. The first-order valence-electron chi connectivity index (χ1n) is 7.08. The van der Waals surface area contributed by atoms with E-state index in [4.69, 9.17) is 0 Å². The topological polar surface area (TPSA) is 98.7 Å². The second-order valence-corrected chi connectivity index (χ2v) is 5.29. The summed E-state index contributed by atoms with van der Waals surface area (Å²) >= 11 is 0. The van der Waals surface area contributed by atoms with Gasteiger partial charge in [-0.2, -0.15) is 0 Å². The Labute approximate surface area is 123 Å². The molecule has 4 N–H and O–H groups in total. The molecule has 1 aliphatic rings. The zero-order valence-electron chi connectivity index (χ0n) is 11.7. The van der Waals surface area contributed by atoms with Crippen LogP contribution in [0.4, 0.5) is 0 Å². The molecular weight excluding hydrogens is 272 g/mol. The van der Waals surface area contributed by atoms with Gasteiger partial charge in [0.25, 0.3) is 0 Å². The van der Waals surface area contributed by atoms with E-state index in [1.807, 2.05) is 0 Å². The van der Waals surface area contributed by atoms with Crippen molar-refractivity contribution in [2.75, 3.05) is 13.1 Å². The van der Waals surface area contributed by atoms with Gasteiger partial charge in [-0.25, -0.2) is 4.79 Å². The Balaban J connectivity index is 1.96. The van der Waals surface area contributed by atoms with Crippen LogP contribution in [0.2, 0.25) is 0 Å². The number of aliphatic carboxylic acids is 1. The molecule has 21 heavy (non-hydrogen) atoms. The smallest absolute Gasteiger partial charge is 0.326 e. The molecule has 1 aromatic rings. The minimum Gasteiger partial charge on any atom is -0.508 e. The number of hydrogen-bond donors (Lipinski definition) is 4. The summed E-state index contributed by atoms with van der Waals surface area (Å²) < 4.78 is 0. The molecule has 1 saturated heterocycles. The molecule has 1 fully saturated rings. The molecule has 6 nitrogen and oxygen atoms in total. The van der Waals surface area contributed by atoms with E-state index >= 15 is 0 Å². The number of carboxylic acid groups (broad SMARTS) is 1. The molecule has 114 valence electrons. The van der Waals surface area contributed by atoms with Gasteiger partial charge in [-0.3, -0.25) is 4.79 Å². The van der Waals surface area contributed by atoms with Crippen molar-refractivity contribution in [3.05, 3.63) is 29.8 Å². The number of piperidine rings is 1. The number of hydrogen-bond acceptors (Lipinski definition) is 4. The summed E-state index contributed by atoms with van der Waals surface area (Å²) in [6.07, 6.45) is 1.67. The number of rotatable bonds is 5. The van der Waals surface area contributed by atoms with E-state index in [1.54, 1.807) is 12.1 Å². The molecule has 0 aromatic heterocycles. The summed E-state index contributed by atoms with van der Waals surface area (Å²) in [6, 6.07) is 5.37. The van der Waals surface area contributed by atoms with Crippen molar-refractivity contribution in [1.82, 2.24) is 10.6 Å². The fourth-order valence-electron chi connectivity index (χ4n) is 2.44. The van der Waals surface area contributed by atoms with Gasteiger partial charge in [-0.1, -0.05) is 12.1 Å². The van der Waals surface area contributed by atoms with Crippen LogP contribution in [-0.4, -0.2) is 41.2 Å². The summed E-state index contributed by atoms with van der Waals surface area (Å²) in [5.41, 5.74) is 0.755. The second kappa shape index (κ2) is 7.08. The van der Waals surface area contributed by atoms with Gasteiger partial charge in [-0.05, 0) is 43.6 Å². The Morgan fingerprint density at radius 2 is 1.86 bits per heavy atom. The predicted octanol–water partition coefficient (Wildman–Crippen LogP) is 0.504. The molecule has 1 amide bonds. The van der Waals surface area contributed by atoms with E-state index in [1.165, 1.54) is 12.1 Å². The molecule has 0 radical (unpaired) electrons. The number of amides is 1. The summed E-state index contributed by atoms with van der Waals surface area (Å²) in [7, 11) is 0. The van der Waals surface area contributed by atoms with E-state index in [9.17, 15) is 19.8 Å². The van der Waals surface area contributed by atoms with Crippen LogP contribution in [-0.2, 0) is 16.0 Å². The quantitative estimate of drug-likeness (QED) is 0.633. The van der Waals surface area contributed by atoms with Crippen LogP contribution in [0.1, 0.15) is 18.4 Å². The largest absolute Gasteiger partial charge is 0.508 e. The highest BCUT2D eigenvalue weighted by Gasteiger charge is 2.26. The molecule has 0 bridgehead atoms. The summed E-state index contributed by atoms with van der Waals surface area (Å²) in [5, 5.41) is 24.3. The van der Waals surface area contributed by atoms with E-state index in [0.29, 0.717) is 0 Å². The fourth-order valence-corrected chi connectivity index (χ4v) is 2.44. The Bertz CT molecular complexity index is 495. The van der Waals surface area contributed by atoms with Crippen molar-refractivity contribution in [1.29, 1.82) is 0 Å². The third-order valence-electron chi connectivity index (χ3n) is 3.70. The summed E-state index contributed by atoms with van der Waals surface area (Å²) in [5.74, 6) is -1.23. The van der Waals surface area contributed by atoms with Crippen LogP contribution in [0.3, 0.4) is 0 Å². The zero-order valence-corrected chi connectivity index (χ0v) is 11.7. The number of phenols is 1. The Hall–Kier alpha value is -2.08. The lowest BCUT2D eigenvalue weighted by molar-refractivity contribution is -0.142. The maximum atomic E-state index is 12.1. The highest BCUT2D eigenvalue weighted by atomic mass is 16.4. The Kier molecular flexibility index (Phi) is 5.16. The monoisotopic (exact) mass is 292 g/mol. The standard InChI is InChI=1S/C15H20N2O4/c18-12-3-1-10(2-4-12)9-13(15(20)21)17-14(19)11-5-7-16-8-6-11/h1-4,11,13,16,18H,5-9H2,(H,17,19)(H,20,21)/t13-/m1/s1. The first kappa shape index (κ1) is 15.3. The van der Waals surface area contributed by atoms with E-state index in [-0.39, 0.29) is 24.0 Å². The van der Waals surface area contributed by atoms with Gasteiger partial charge in [-0.15, -0.1) is 0 Å². The maximum Gasteiger partial charge on any atom is 0.326 e. The number of nitrogens with one attached hydrogen (secondary N) is 2. The number of aromatic hydroxyl groups is 1. The van der Waals surface area contributed by atoms with Crippen molar-refractivity contribution in [2.24, 2.45) is 5.92 Å². The highest BCUT2D eigenvalue weighted by Crippen LogP contribution is 2.14. The van der Waals surface area contributed by atoms with Gasteiger partial charge in [0.1, 0.15) is 11.8 Å². The fraction of sp³-hybridized carbons (Fsp3) is 0.467. The average Bonchev–Trinajstić information content (AvgIpc) is 2.49. The second-order valence-electron chi connectivity index (χ2n) is 5.29. The highest BCUT2D eigenvalue weighted by molar-refractivity contribution is 5.85. The summed E-state index contributed by atoms with van der Waals surface area (Å²) in [6.45, 7) is 1.57. The van der Waals surface area contributed by atoms with Crippen LogP contribution < -0.4 is 10.6 Å². The lowest BCUT2D eigenvalue weighted by Crippen LogP contribution is -2.46. The molecule has 0 saturated carbocycles. The third-order valence-corrected chi connectivity index (χ3v) is 3.70. The SMILES string of the molecule is O=C(N[C@H](Cc1ccc(O)cc1)C(=O)O)C1CCNCC1. The lowest BCUT2D eigenvalue weighted by atomic mass is 9.96. The predicted molar refractivity (Wildman–Crippen MR) is 77.0 cm³/mol. The minimum absolute atomic E-state index is 0.118.